The predicted molar refractivity (Wildman–Crippen MR) is 91.8 cm³/mol. The summed E-state index contributed by atoms with van der Waals surface area (Å²) in [4.78, 5) is 0. The molecule has 0 aliphatic heterocycles. The van der Waals surface area contributed by atoms with Crippen LogP contribution in [0.5, 0.6) is 0 Å². The van der Waals surface area contributed by atoms with E-state index >= 15 is 0 Å². The SMILES string of the molecule is COCCOCCC(CNC(C)C)Cc1cccc(Br)c1. The van der Waals surface area contributed by atoms with Crippen LogP contribution in [0.1, 0.15) is 25.8 Å². The van der Waals surface area contributed by atoms with Gasteiger partial charge in [-0.25, -0.2) is 0 Å². The first-order valence-electron chi connectivity index (χ1n) is 7.66. The smallest absolute Gasteiger partial charge is 0.0700 e. The first-order chi connectivity index (χ1) is 10.1. The summed E-state index contributed by atoms with van der Waals surface area (Å²) in [6.07, 6.45) is 2.14. The standard InChI is InChI=1S/C17H28BrNO2/c1-14(2)19-13-16(7-8-21-10-9-20-3)11-15-5-4-6-17(18)12-15/h4-6,12,14,16,19H,7-11,13H2,1-3H3. The summed E-state index contributed by atoms with van der Waals surface area (Å²) in [7, 11) is 1.70. The van der Waals surface area contributed by atoms with Crippen molar-refractivity contribution < 1.29 is 9.47 Å². The van der Waals surface area contributed by atoms with Crippen molar-refractivity contribution in [3.8, 4) is 0 Å². The second-order valence-electron chi connectivity index (χ2n) is 5.66. The van der Waals surface area contributed by atoms with E-state index in [-0.39, 0.29) is 0 Å². The number of methoxy groups -OCH3 is 1. The van der Waals surface area contributed by atoms with Crippen LogP contribution >= 0.6 is 15.9 Å². The predicted octanol–water partition coefficient (Wildman–Crippen LogP) is 3.66. The second kappa shape index (κ2) is 11.2. The average Bonchev–Trinajstić information content (AvgIpc) is 2.44. The highest BCUT2D eigenvalue weighted by Gasteiger charge is 2.11. The average molecular weight is 358 g/mol. The van der Waals surface area contributed by atoms with Crippen LogP contribution in [0.15, 0.2) is 28.7 Å². The summed E-state index contributed by atoms with van der Waals surface area (Å²) >= 11 is 3.54. The van der Waals surface area contributed by atoms with Gasteiger partial charge in [0.2, 0.25) is 0 Å². The van der Waals surface area contributed by atoms with E-state index in [0.717, 1.165) is 30.5 Å². The number of benzene rings is 1. The molecule has 0 bridgehead atoms. The van der Waals surface area contributed by atoms with Crippen molar-refractivity contribution in [2.45, 2.75) is 32.7 Å². The maximum Gasteiger partial charge on any atom is 0.0700 e. The van der Waals surface area contributed by atoms with Gasteiger partial charge in [0.15, 0.2) is 0 Å². The highest BCUT2D eigenvalue weighted by Crippen LogP contribution is 2.17. The minimum Gasteiger partial charge on any atom is -0.382 e. The Balaban J connectivity index is 2.43. The Labute approximate surface area is 137 Å². The fraction of sp³-hybridized carbons (Fsp3) is 0.647. The molecule has 1 aromatic rings. The van der Waals surface area contributed by atoms with E-state index in [2.05, 4.69) is 59.4 Å². The van der Waals surface area contributed by atoms with Gasteiger partial charge >= 0.3 is 0 Å². The van der Waals surface area contributed by atoms with E-state index < -0.39 is 0 Å². The van der Waals surface area contributed by atoms with Gasteiger partial charge in [0.1, 0.15) is 0 Å². The molecule has 1 aromatic carbocycles. The molecule has 0 aliphatic rings. The van der Waals surface area contributed by atoms with Gasteiger partial charge in [0, 0.05) is 24.2 Å². The third-order valence-corrected chi connectivity index (χ3v) is 3.82. The number of rotatable bonds is 11. The van der Waals surface area contributed by atoms with E-state index in [1.807, 2.05) is 0 Å². The Morgan fingerprint density at radius 2 is 2.00 bits per heavy atom. The highest BCUT2D eigenvalue weighted by molar-refractivity contribution is 9.10. The molecule has 0 saturated carbocycles. The second-order valence-corrected chi connectivity index (χ2v) is 6.57. The van der Waals surface area contributed by atoms with Gasteiger partial charge in [-0.2, -0.15) is 0 Å². The molecule has 1 unspecified atom stereocenters. The minimum atomic E-state index is 0.518. The van der Waals surface area contributed by atoms with E-state index in [9.17, 15) is 0 Å². The summed E-state index contributed by atoms with van der Waals surface area (Å²) in [5.41, 5.74) is 1.37. The Hall–Kier alpha value is -0.420. The zero-order valence-corrected chi connectivity index (χ0v) is 15.0. The van der Waals surface area contributed by atoms with Crippen molar-refractivity contribution >= 4 is 15.9 Å². The van der Waals surface area contributed by atoms with Crippen LogP contribution < -0.4 is 5.32 Å². The molecule has 1 atom stereocenters. The van der Waals surface area contributed by atoms with Crippen molar-refractivity contribution in [3.63, 3.8) is 0 Å². The van der Waals surface area contributed by atoms with Gasteiger partial charge in [-0.15, -0.1) is 0 Å². The molecule has 0 heterocycles. The van der Waals surface area contributed by atoms with E-state index in [1.165, 1.54) is 5.56 Å². The third-order valence-electron chi connectivity index (χ3n) is 3.33. The summed E-state index contributed by atoms with van der Waals surface area (Å²) in [5, 5.41) is 3.54. The molecule has 21 heavy (non-hydrogen) atoms. The topological polar surface area (TPSA) is 30.5 Å². The van der Waals surface area contributed by atoms with E-state index in [0.29, 0.717) is 25.2 Å². The van der Waals surface area contributed by atoms with Gasteiger partial charge in [-0.3, -0.25) is 0 Å². The molecule has 0 fully saturated rings. The largest absolute Gasteiger partial charge is 0.382 e. The lowest BCUT2D eigenvalue weighted by atomic mass is 9.96. The van der Waals surface area contributed by atoms with Crippen molar-refractivity contribution in [2.75, 3.05) is 33.5 Å². The van der Waals surface area contributed by atoms with Crippen LogP contribution in [-0.2, 0) is 15.9 Å². The molecule has 1 N–H and O–H groups in total. The van der Waals surface area contributed by atoms with Gasteiger partial charge in [0.25, 0.3) is 0 Å². The van der Waals surface area contributed by atoms with Gasteiger partial charge < -0.3 is 14.8 Å². The first kappa shape index (κ1) is 18.6. The molecule has 3 nitrogen and oxygen atoms in total. The fourth-order valence-electron chi connectivity index (χ4n) is 2.17. The van der Waals surface area contributed by atoms with Crippen LogP contribution in [-0.4, -0.2) is 39.5 Å². The highest BCUT2D eigenvalue weighted by atomic mass is 79.9. The maximum atomic E-state index is 5.61. The molecule has 0 spiro atoms. The van der Waals surface area contributed by atoms with Crippen molar-refractivity contribution in [2.24, 2.45) is 5.92 Å². The molecule has 0 saturated heterocycles. The number of halogens is 1. The van der Waals surface area contributed by atoms with Gasteiger partial charge in [-0.05, 0) is 43.0 Å². The van der Waals surface area contributed by atoms with E-state index in [1.54, 1.807) is 7.11 Å². The first-order valence-corrected chi connectivity index (χ1v) is 8.45. The number of hydrogen-bond acceptors (Lipinski definition) is 3. The van der Waals surface area contributed by atoms with Crippen LogP contribution in [0, 0.1) is 5.92 Å². The Kier molecular flexibility index (Phi) is 9.92. The summed E-state index contributed by atoms with van der Waals surface area (Å²) in [6.45, 7) is 7.54. The molecule has 0 aliphatic carbocycles. The Morgan fingerprint density at radius 3 is 2.67 bits per heavy atom. The lowest BCUT2D eigenvalue weighted by Crippen LogP contribution is -2.30. The third kappa shape index (κ3) is 9.25. The lowest BCUT2D eigenvalue weighted by Gasteiger charge is -2.19. The monoisotopic (exact) mass is 357 g/mol. The van der Waals surface area contributed by atoms with Crippen LogP contribution in [0.25, 0.3) is 0 Å². The molecular formula is C17H28BrNO2. The van der Waals surface area contributed by atoms with Gasteiger partial charge in [-0.1, -0.05) is 41.9 Å². The van der Waals surface area contributed by atoms with Crippen LogP contribution in [0.2, 0.25) is 0 Å². The fourth-order valence-corrected chi connectivity index (χ4v) is 2.62. The zero-order valence-electron chi connectivity index (χ0n) is 13.4. The molecule has 120 valence electrons. The van der Waals surface area contributed by atoms with Crippen molar-refractivity contribution in [1.29, 1.82) is 0 Å². The molecule has 4 heteroatoms. The summed E-state index contributed by atoms with van der Waals surface area (Å²) in [6, 6.07) is 9.08. The quantitative estimate of drug-likeness (QED) is 0.613. The summed E-state index contributed by atoms with van der Waals surface area (Å²) in [5.74, 6) is 0.587. The maximum absolute atomic E-state index is 5.61. The number of hydrogen-bond donors (Lipinski definition) is 1. The number of ether oxygens (including phenoxy) is 2. The molecule has 0 aromatic heterocycles. The van der Waals surface area contributed by atoms with Crippen molar-refractivity contribution in [3.05, 3.63) is 34.3 Å². The normalized spacial score (nSPS) is 12.8. The Morgan fingerprint density at radius 1 is 1.19 bits per heavy atom. The van der Waals surface area contributed by atoms with E-state index in [4.69, 9.17) is 9.47 Å². The van der Waals surface area contributed by atoms with Crippen LogP contribution in [0.4, 0.5) is 0 Å². The molecule has 0 amide bonds. The lowest BCUT2D eigenvalue weighted by molar-refractivity contribution is 0.0635. The van der Waals surface area contributed by atoms with Crippen LogP contribution in [0.3, 0.4) is 0 Å². The van der Waals surface area contributed by atoms with Gasteiger partial charge in [0.05, 0.1) is 13.2 Å². The minimum absolute atomic E-state index is 0.518. The molecule has 0 radical (unpaired) electrons. The number of nitrogens with one attached hydrogen (secondary N) is 1. The zero-order chi connectivity index (χ0) is 15.5. The summed E-state index contributed by atoms with van der Waals surface area (Å²) < 4.78 is 11.8. The molecule has 1 rings (SSSR count). The van der Waals surface area contributed by atoms with Crippen molar-refractivity contribution in [1.82, 2.24) is 5.32 Å². The molecular weight excluding hydrogens is 330 g/mol. The Bertz CT molecular complexity index is 385.